The summed E-state index contributed by atoms with van der Waals surface area (Å²) in [6, 6.07) is 1.55. The molecule has 7 heteroatoms. The minimum atomic E-state index is -0.134. The van der Waals surface area contributed by atoms with Crippen LogP contribution in [-0.4, -0.2) is 38.8 Å². The number of hydrogen-bond acceptors (Lipinski definition) is 5. The van der Waals surface area contributed by atoms with Gasteiger partial charge in [0.15, 0.2) is 0 Å². The number of carbonyl (C=O) groups is 1. The van der Waals surface area contributed by atoms with E-state index in [2.05, 4.69) is 15.0 Å². The van der Waals surface area contributed by atoms with Crippen molar-refractivity contribution >= 4 is 17.2 Å². The smallest absolute Gasteiger partial charge is 0.265 e. The molecule has 1 aliphatic heterocycles. The molecule has 122 valence electrons. The number of aromatic nitrogens is 3. The fourth-order valence-electron chi connectivity index (χ4n) is 3.09. The van der Waals surface area contributed by atoms with E-state index in [9.17, 15) is 9.59 Å². The Labute approximate surface area is 138 Å². The summed E-state index contributed by atoms with van der Waals surface area (Å²) in [5.41, 5.74) is 1.44. The molecule has 6 nitrogen and oxygen atoms in total. The van der Waals surface area contributed by atoms with E-state index >= 15 is 0 Å². The molecule has 0 aromatic carbocycles. The van der Waals surface area contributed by atoms with Crippen molar-refractivity contribution in [2.75, 3.05) is 13.1 Å². The largest absolute Gasteiger partial charge is 0.337 e. The summed E-state index contributed by atoms with van der Waals surface area (Å²) in [6.45, 7) is 6.91. The minimum absolute atomic E-state index is 0.0411. The second-order valence-electron chi connectivity index (χ2n) is 5.99. The van der Waals surface area contributed by atoms with Crippen molar-refractivity contribution in [2.24, 2.45) is 0 Å². The SMILES string of the molecule is Cc1nc(C2CCCN(C(=O)c3sc(C)nc3C)C2)cc(=O)[nH]1. The molecule has 3 rings (SSSR count). The Kier molecular flexibility index (Phi) is 4.30. The van der Waals surface area contributed by atoms with Gasteiger partial charge in [-0.3, -0.25) is 9.59 Å². The zero-order valence-electron chi connectivity index (χ0n) is 13.5. The Morgan fingerprint density at radius 3 is 2.78 bits per heavy atom. The van der Waals surface area contributed by atoms with Crippen molar-refractivity contribution in [3.8, 4) is 0 Å². The van der Waals surface area contributed by atoms with Crippen molar-refractivity contribution in [1.29, 1.82) is 0 Å². The van der Waals surface area contributed by atoms with Gasteiger partial charge in [-0.1, -0.05) is 0 Å². The van der Waals surface area contributed by atoms with Crippen molar-refractivity contribution < 1.29 is 4.79 Å². The van der Waals surface area contributed by atoms with E-state index in [0.29, 0.717) is 12.4 Å². The molecule has 2 aromatic heterocycles. The molecule has 0 saturated carbocycles. The number of piperidine rings is 1. The maximum absolute atomic E-state index is 12.8. The lowest BCUT2D eigenvalue weighted by Crippen LogP contribution is -2.39. The van der Waals surface area contributed by atoms with Crippen molar-refractivity contribution in [1.82, 2.24) is 19.9 Å². The van der Waals surface area contributed by atoms with E-state index in [4.69, 9.17) is 0 Å². The Balaban J connectivity index is 1.82. The van der Waals surface area contributed by atoms with Gasteiger partial charge in [0.25, 0.3) is 11.5 Å². The number of aryl methyl sites for hydroxylation is 3. The number of rotatable bonds is 2. The molecule has 0 radical (unpaired) electrons. The number of nitrogens with one attached hydrogen (secondary N) is 1. The third-order valence-corrected chi connectivity index (χ3v) is 5.17. The predicted octanol–water partition coefficient (Wildman–Crippen LogP) is 2.17. The van der Waals surface area contributed by atoms with Crippen LogP contribution in [0.25, 0.3) is 0 Å². The highest BCUT2D eigenvalue weighted by molar-refractivity contribution is 7.13. The summed E-state index contributed by atoms with van der Waals surface area (Å²) in [5, 5.41) is 0.909. The lowest BCUT2D eigenvalue weighted by Gasteiger charge is -2.32. The van der Waals surface area contributed by atoms with Crippen LogP contribution >= 0.6 is 11.3 Å². The molecule has 3 heterocycles. The summed E-state index contributed by atoms with van der Waals surface area (Å²) in [5.74, 6) is 0.771. The molecule has 1 fully saturated rings. The van der Waals surface area contributed by atoms with Gasteiger partial charge < -0.3 is 9.88 Å². The average Bonchev–Trinajstić information content (AvgIpc) is 2.84. The molecule has 1 atom stereocenters. The van der Waals surface area contributed by atoms with E-state index in [-0.39, 0.29) is 17.4 Å². The third kappa shape index (κ3) is 3.34. The normalized spacial score (nSPS) is 18.2. The molecule has 2 aromatic rings. The topological polar surface area (TPSA) is 79.0 Å². The van der Waals surface area contributed by atoms with Crippen LogP contribution in [0.2, 0.25) is 0 Å². The van der Waals surface area contributed by atoms with Crippen LogP contribution in [0.15, 0.2) is 10.9 Å². The summed E-state index contributed by atoms with van der Waals surface area (Å²) >= 11 is 1.45. The molecule has 1 amide bonds. The van der Waals surface area contributed by atoms with Crippen LogP contribution in [-0.2, 0) is 0 Å². The first-order chi connectivity index (χ1) is 10.9. The highest BCUT2D eigenvalue weighted by atomic mass is 32.1. The number of nitrogens with zero attached hydrogens (tertiary/aromatic N) is 3. The van der Waals surface area contributed by atoms with E-state index in [0.717, 1.165) is 40.7 Å². The maximum Gasteiger partial charge on any atom is 0.265 e. The zero-order valence-corrected chi connectivity index (χ0v) is 14.4. The van der Waals surface area contributed by atoms with Crippen molar-refractivity contribution in [3.63, 3.8) is 0 Å². The predicted molar refractivity (Wildman–Crippen MR) is 89.1 cm³/mol. The molecule has 0 aliphatic carbocycles. The molecule has 0 bridgehead atoms. The fourth-order valence-corrected chi connectivity index (χ4v) is 3.98. The van der Waals surface area contributed by atoms with Crippen LogP contribution in [0.5, 0.6) is 0 Å². The third-order valence-electron chi connectivity index (χ3n) is 4.10. The van der Waals surface area contributed by atoms with E-state index in [1.807, 2.05) is 18.7 Å². The highest BCUT2D eigenvalue weighted by Crippen LogP contribution is 2.27. The first-order valence-corrected chi connectivity index (χ1v) is 8.57. The number of thiazole rings is 1. The van der Waals surface area contributed by atoms with Gasteiger partial charge in [-0.2, -0.15) is 0 Å². The Hall–Kier alpha value is -2.02. The number of aromatic amines is 1. The summed E-state index contributed by atoms with van der Waals surface area (Å²) < 4.78 is 0. The summed E-state index contributed by atoms with van der Waals surface area (Å²) in [6.07, 6.45) is 1.86. The first kappa shape index (κ1) is 15.9. The molecule has 1 aliphatic rings. The fraction of sp³-hybridized carbons (Fsp3) is 0.500. The molecule has 1 N–H and O–H groups in total. The number of H-pyrrole nitrogens is 1. The lowest BCUT2D eigenvalue weighted by molar-refractivity contribution is 0.0710. The summed E-state index contributed by atoms with van der Waals surface area (Å²) in [4.78, 5) is 38.4. The average molecular weight is 332 g/mol. The van der Waals surface area contributed by atoms with Crippen LogP contribution in [0.1, 0.15) is 50.7 Å². The summed E-state index contributed by atoms with van der Waals surface area (Å²) in [7, 11) is 0. The van der Waals surface area contributed by atoms with E-state index in [1.54, 1.807) is 13.0 Å². The van der Waals surface area contributed by atoms with Gasteiger partial charge >= 0.3 is 0 Å². The monoisotopic (exact) mass is 332 g/mol. The van der Waals surface area contributed by atoms with Crippen molar-refractivity contribution in [2.45, 2.75) is 39.5 Å². The Bertz CT molecular complexity index is 796. The highest BCUT2D eigenvalue weighted by Gasteiger charge is 2.28. The van der Waals surface area contributed by atoms with E-state index < -0.39 is 0 Å². The lowest BCUT2D eigenvalue weighted by atomic mass is 9.94. The molecular weight excluding hydrogens is 312 g/mol. The number of likely N-dealkylation sites (tertiary alicyclic amines) is 1. The van der Waals surface area contributed by atoms with Gasteiger partial charge in [0.1, 0.15) is 10.7 Å². The van der Waals surface area contributed by atoms with Gasteiger partial charge in [0, 0.05) is 25.1 Å². The van der Waals surface area contributed by atoms with Gasteiger partial charge in [-0.15, -0.1) is 11.3 Å². The van der Waals surface area contributed by atoms with Gasteiger partial charge in [0.2, 0.25) is 0 Å². The molecule has 0 spiro atoms. The second kappa shape index (κ2) is 6.23. The molecule has 1 unspecified atom stereocenters. The zero-order chi connectivity index (χ0) is 16.6. The molecule has 23 heavy (non-hydrogen) atoms. The van der Waals surface area contributed by atoms with Gasteiger partial charge in [-0.25, -0.2) is 9.97 Å². The molecular formula is C16H20N4O2S. The Morgan fingerprint density at radius 1 is 1.35 bits per heavy atom. The second-order valence-corrected chi connectivity index (χ2v) is 7.20. The van der Waals surface area contributed by atoms with Crippen LogP contribution in [0.4, 0.5) is 0 Å². The number of amides is 1. The van der Waals surface area contributed by atoms with Crippen LogP contribution < -0.4 is 5.56 Å². The first-order valence-electron chi connectivity index (χ1n) is 7.75. The van der Waals surface area contributed by atoms with E-state index in [1.165, 1.54) is 11.3 Å². The quantitative estimate of drug-likeness (QED) is 0.914. The van der Waals surface area contributed by atoms with Crippen molar-refractivity contribution in [3.05, 3.63) is 43.5 Å². The number of carbonyl (C=O) groups excluding carboxylic acids is 1. The van der Waals surface area contributed by atoms with Gasteiger partial charge in [0.05, 0.1) is 16.4 Å². The number of hydrogen-bond donors (Lipinski definition) is 1. The van der Waals surface area contributed by atoms with Crippen LogP contribution in [0.3, 0.4) is 0 Å². The van der Waals surface area contributed by atoms with Gasteiger partial charge in [-0.05, 0) is 33.6 Å². The Morgan fingerprint density at radius 2 is 2.13 bits per heavy atom. The standard InChI is InChI=1S/C16H20N4O2S/c1-9-15(23-11(3)17-9)16(22)20-6-4-5-12(8-20)13-7-14(21)19-10(2)18-13/h7,12H,4-6,8H2,1-3H3,(H,18,19,21). The van der Waals surface area contributed by atoms with Crippen LogP contribution in [0, 0.1) is 20.8 Å². The maximum atomic E-state index is 12.8. The molecule has 1 saturated heterocycles. The minimum Gasteiger partial charge on any atom is -0.337 e.